The van der Waals surface area contributed by atoms with Crippen molar-refractivity contribution in [3.63, 3.8) is 0 Å². The molecule has 2 N–H and O–H groups in total. The molecule has 5 nitrogen and oxygen atoms in total. The van der Waals surface area contributed by atoms with Gasteiger partial charge < -0.3 is 15.5 Å². The third-order valence-electron chi connectivity index (χ3n) is 7.74. The van der Waals surface area contributed by atoms with Crippen LogP contribution in [0.25, 0.3) is 0 Å². The molecular formula is C24H31ClFN3O2. The summed E-state index contributed by atoms with van der Waals surface area (Å²) in [5, 5.41) is 6.51. The van der Waals surface area contributed by atoms with Gasteiger partial charge >= 0.3 is 6.03 Å². The number of hydrogen-bond acceptors (Lipinski definition) is 2. The van der Waals surface area contributed by atoms with Crippen LogP contribution < -0.4 is 10.6 Å². The molecule has 4 bridgehead atoms. The van der Waals surface area contributed by atoms with Gasteiger partial charge in [-0.1, -0.05) is 17.7 Å². The molecule has 0 spiro atoms. The smallest absolute Gasteiger partial charge is 0.315 e. The van der Waals surface area contributed by atoms with Gasteiger partial charge in [0.05, 0.1) is 6.54 Å². The zero-order valence-electron chi connectivity index (χ0n) is 17.8. The van der Waals surface area contributed by atoms with Gasteiger partial charge in [0.2, 0.25) is 5.91 Å². The van der Waals surface area contributed by atoms with E-state index in [9.17, 15) is 14.0 Å². The lowest BCUT2D eigenvalue weighted by Crippen LogP contribution is -2.61. The van der Waals surface area contributed by atoms with Gasteiger partial charge in [0.1, 0.15) is 5.82 Å². The van der Waals surface area contributed by atoms with Crippen molar-refractivity contribution >= 4 is 23.5 Å². The van der Waals surface area contributed by atoms with Gasteiger partial charge in [0.15, 0.2) is 0 Å². The Morgan fingerprint density at radius 3 is 2.32 bits per heavy atom. The summed E-state index contributed by atoms with van der Waals surface area (Å²) in [4.78, 5) is 27.1. The topological polar surface area (TPSA) is 61.4 Å². The van der Waals surface area contributed by atoms with Crippen LogP contribution in [0, 0.1) is 23.6 Å². The molecule has 5 saturated carbocycles. The zero-order valence-corrected chi connectivity index (χ0v) is 18.6. The maximum Gasteiger partial charge on any atom is 0.315 e. The molecule has 0 unspecified atom stereocenters. The van der Waals surface area contributed by atoms with Crippen molar-refractivity contribution < 1.29 is 14.0 Å². The molecule has 5 fully saturated rings. The number of carbonyl (C=O) groups is 2. The second kappa shape index (κ2) is 8.27. The molecule has 0 radical (unpaired) electrons. The van der Waals surface area contributed by atoms with Crippen molar-refractivity contribution in [2.24, 2.45) is 17.8 Å². The zero-order chi connectivity index (χ0) is 21.6. The highest BCUT2D eigenvalue weighted by Gasteiger charge is 2.51. The summed E-state index contributed by atoms with van der Waals surface area (Å²) in [6, 6.07) is 4.56. The van der Waals surface area contributed by atoms with Crippen molar-refractivity contribution in [1.82, 2.24) is 15.5 Å². The number of halogens is 2. The Morgan fingerprint density at radius 1 is 1.10 bits per heavy atom. The largest absolute Gasteiger partial charge is 0.338 e. The van der Waals surface area contributed by atoms with Crippen LogP contribution in [-0.2, 0) is 11.3 Å². The van der Waals surface area contributed by atoms with Crippen molar-refractivity contribution in [3.05, 3.63) is 34.6 Å². The highest BCUT2D eigenvalue weighted by atomic mass is 35.5. The minimum absolute atomic E-state index is 0.0372. The van der Waals surface area contributed by atoms with Gasteiger partial charge in [-0.05, 0) is 81.3 Å². The average Bonchev–Trinajstić information content (AvgIpc) is 3.51. The number of amides is 3. The molecule has 1 aromatic rings. The fourth-order valence-electron chi connectivity index (χ4n) is 6.64. The van der Waals surface area contributed by atoms with Crippen LogP contribution in [0.1, 0.15) is 63.4 Å². The highest BCUT2D eigenvalue weighted by Crippen LogP contribution is 2.55. The van der Waals surface area contributed by atoms with Crippen molar-refractivity contribution in [2.45, 2.75) is 75.9 Å². The summed E-state index contributed by atoms with van der Waals surface area (Å²) in [6.07, 6.45) is 9.37. The van der Waals surface area contributed by atoms with E-state index in [4.69, 9.17) is 11.6 Å². The minimum atomic E-state index is -0.390. The number of benzene rings is 1. The van der Waals surface area contributed by atoms with Crippen LogP contribution in [0.2, 0.25) is 5.02 Å². The third-order valence-corrected chi connectivity index (χ3v) is 8.09. The molecule has 31 heavy (non-hydrogen) atoms. The Balaban J connectivity index is 1.13. The summed E-state index contributed by atoms with van der Waals surface area (Å²) in [5.74, 6) is 1.84. The van der Waals surface area contributed by atoms with E-state index in [1.807, 2.05) is 0 Å². The fraction of sp³-hybridized carbons (Fsp3) is 0.667. The Morgan fingerprint density at radius 2 is 1.74 bits per heavy atom. The first kappa shape index (κ1) is 21.0. The van der Waals surface area contributed by atoms with Crippen LogP contribution in [0.5, 0.6) is 0 Å². The van der Waals surface area contributed by atoms with Gasteiger partial charge in [-0.2, -0.15) is 0 Å². The molecule has 5 aliphatic rings. The lowest BCUT2D eigenvalue weighted by atomic mass is 9.53. The van der Waals surface area contributed by atoms with Gasteiger partial charge in [-0.3, -0.25) is 4.79 Å². The summed E-state index contributed by atoms with van der Waals surface area (Å²) >= 11 is 6.15. The van der Waals surface area contributed by atoms with Gasteiger partial charge in [-0.15, -0.1) is 0 Å². The summed E-state index contributed by atoms with van der Waals surface area (Å²) in [6.45, 7) is 0.458. The Kier molecular flexibility index (Phi) is 5.61. The Bertz CT molecular complexity index is 817. The molecule has 5 aliphatic carbocycles. The van der Waals surface area contributed by atoms with E-state index in [1.54, 1.807) is 17.0 Å². The molecule has 3 amide bonds. The SMILES string of the molecule is O=C(NCCC(=O)N(Cc1c(F)cccc1Cl)C1CC1)NC12CC3CC(CC(C3)C1)C2. The predicted molar refractivity (Wildman–Crippen MR) is 117 cm³/mol. The molecule has 0 atom stereocenters. The van der Waals surface area contributed by atoms with E-state index in [0.29, 0.717) is 10.6 Å². The maximum absolute atomic E-state index is 14.2. The van der Waals surface area contributed by atoms with E-state index in [2.05, 4.69) is 10.6 Å². The van der Waals surface area contributed by atoms with Crippen LogP contribution in [-0.4, -0.2) is 35.0 Å². The van der Waals surface area contributed by atoms with Crippen LogP contribution >= 0.6 is 11.6 Å². The summed E-state index contributed by atoms with van der Waals surface area (Å²) in [7, 11) is 0. The van der Waals surface area contributed by atoms with E-state index >= 15 is 0 Å². The number of carbonyl (C=O) groups excluding carboxylic acids is 2. The maximum atomic E-state index is 14.2. The number of nitrogens with zero attached hydrogens (tertiary/aromatic N) is 1. The van der Waals surface area contributed by atoms with E-state index < -0.39 is 0 Å². The predicted octanol–water partition coefficient (Wildman–Crippen LogP) is 4.63. The molecule has 0 aromatic heterocycles. The molecular weight excluding hydrogens is 417 g/mol. The Labute approximate surface area is 188 Å². The second-order valence-corrected chi connectivity index (χ2v) is 10.7. The lowest BCUT2D eigenvalue weighted by Gasteiger charge is -2.56. The molecule has 0 aliphatic heterocycles. The molecule has 1 aromatic carbocycles. The van der Waals surface area contributed by atoms with E-state index in [-0.39, 0.29) is 48.8 Å². The number of nitrogens with one attached hydrogen (secondary N) is 2. The monoisotopic (exact) mass is 447 g/mol. The van der Waals surface area contributed by atoms with Crippen molar-refractivity contribution in [1.29, 1.82) is 0 Å². The first-order valence-electron chi connectivity index (χ1n) is 11.7. The standard InChI is InChI=1S/C24H31ClFN3O2/c25-20-2-1-3-21(26)19(20)14-29(18-4-5-18)22(30)6-7-27-23(31)28-24-11-15-8-16(12-24)10-17(9-15)13-24/h1-3,15-18H,4-14H2,(H2,27,28,31). The third kappa shape index (κ3) is 4.55. The van der Waals surface area contributed by atoms with E-state index in [0.717, 1.165) is 49.9 Å². The van der Waals surface area contributed by atoms with Crippen molar-refractivity contribution in [2.75, 3.05) is 6.54 Å². The molecule has 0 saturated heterocycles. The first-order chi connectivity index (χ1) is 14.9. The first-order valence-corrected chi connectivity index (χ1v) is 12.1. The average molecular weight is 448 g/mol. The number of rotatable bonds is 7. The Hall–Kier alpha value is -1.82. The van der Waals surface area contributed by atoms with Gasteiger partial charge in [-0.25, -0.2) is 9.18 Å². The normalized spacial score (nSPS) is 30.8. The lowest BCUT2D eigenvalue weighted by molar-refractivity contribution is -0.132. The van der Waals surface area contributed by atoms with Crippen LogP contribution in [0.4, 0.5) is 9.18 Å². The van der Waals surface area contributed by atoms with Crippen molar-refractivity contribution in [3.8, 4) is 0 Å². The van der Waals surface area contributed by atoms with Crippen LogP contribution in [0.15, 0.2) is 18.2 Å². The summed E-state index contributed by atoms with van der Waals surface area (Å²) in [5.41, 5.74) is 0.321. The molecule has 0 heterocycles. The summed E-state index contributed by atoms with van der Waals surface area (Å²) < 4.78 is 14.2. The van der Waals surface area contributed by atoms with Gasteiger partial charge in [0, 0.05) is 35.1 Å². The number of hydrogen-bond donors (Lipinski definition) is 2. The molecule has 6 rings (SSSR count). The fourth-order valence-corrected chi connectivity index (χ4v) is 6.86. The number of urea groups is 1. The second-order valence-electron chi connectivity index (χ2n) is 10.3. The molecule has 7 heteroatoms. The molecule has 168 valence electrons. The quantitative estimate of drug-likeness (QED) is 0.640. The van der Waals surface area contributed by atoms with Gasteiger partial charge in [0.25, 0.3) is 0 Å². The van der Waals surface area contributed by atoms with E-state index in [1.165, 1.54) is 25.3 Å². The minimum Gasteiger partial charge on any atom is -0.338 e. The highest BCUT2D eigenvalue weighted by molar-refractivity contribution is 6.31. The van der Waals surface area contributed by atoms with Crippen LogP contribution in [0.3, 0.4) is 0 Å².